The molecule has 32 heavy (non-hydrogen) atoms. The smallest absolute Gasteiger partial charge is 0.324 e. The Morgan fingerprint density at radius 2 is 2.12 bits per heavy atom. The maximum atomic E-state index is 12.8. The highest BCUT2D eigenvalue weighted by Gasteiger charge is 2.32. The van der Waals surface area contributed by atoms with Crippen LogP contribution in [0.2, 0.25) is 0 Å². The van der Waals surface area contributed by atoms with Crippen molar-refractivity contribution >= 4 is 29.4 Å². The van der Waals surface area contributed by atoms with Gasteiger partial charge < -0.3 is 19.9 Å². The quantitative estimate of drug-likeness (QED) is 0.584. The molecule has 2 aliphatic rings. The van der Waals surface area contributed by atoms with Gasteiger partial charge in [-0.05, 0) is 31.9 Å². The van der Waals surface area contributed by atoms with Crippen molar-refractivity contribution in [3.63, 3.8) is 0 Å². The van der Waals surface area contributed by atoms with Crippen molar-refractivity contribution in [2.45, 2.75) is 62.0 Å². The summed E-state index contributed by atoms with van der Waals surface area (Å²) in [6.45, 7) is 3.26. The number of imide groups is 1. The third-order valence-corrected chi connectivity index (χ3v) is 6.99. The summed E-state index contributed by atoms with van der Waals surface area (Å²) in [6.07, 6.45) is 5.76. The van der Waals surface area contributed by atoms with E-state index in [1.165, 1.54) is 35.9 Å². The molecule has 4 rings (SSSR count). The van der Waals surface area contributed by atoms with Crippen molar-refractivity contribution < 1.29 is 14.3 Å². The van der Waals surface area contributed by atoms with E-state index < -0.39 is 5.25 Å². The van der Waals surface area contributed by atoms with Gasteiger partial charge >= 0.3 is 6.03 Å². The van der Waals surface area contributed by atoms with Gasteiger partial charge in [0.15, 0.2) is 11.0 Å². The number of aromatic nitrogens is 3. The minimum absolute atomic E-state index is 0.195. The Labute approximate surface area is 192 Å². The lowest BCUT2D eigenvalue weighted by Gasteiger charge is -2.26. The summed E-state index contributed by atoms with van der Waals surface area (Å²) in [5.41, 5.74) is 0.945. The van der Waals surface area contributed by atoms with Crippen LogP contribution in [0.15, 0.2) is 29.4 Å². The Morgan fingerprint density at radius 1 is 1.31 bits per heavy atom. The molecule has 2 heterocycles. The van der Waals surface area contributed by atoms with Gasteiger partial charge in [0.1, 0.15) is 5.75 Å². The van der Waals surface area contributed by atoms with Crippen molar-refractivity contribution in [2.75, 3.05) is 25.5 Å². The molecule has 1 aromatic heterocycles. The SMILES string of the molecule is COc1cccc(NCc2nnc(S[C@H](C)C(=O)N3CCNC3=O)n2C2CCCCC2)c1. The number of nitrogens with one attached hydrogen (secondary N) is 2. The Bertz CT molecular complexity index is 959. The number of carbonyl (C=O) groups is 2. The first-order valence-corrected chi connectivity index (χ1v) is 12.0. The molecule has 2 fully saturated rings. The highest BCUT2D eigenvalue weighted by molar-refractivity contribution is 8.00. The lowest BCUT2D eigenvalue weighted by atomic mass is 9.95. The highest BCUT2D eigenvalue weighted by atomic mass is 32.2. The van der Waals surface area contributed by atoms with Crippen molar-refractivity contribution in [1.82, 2.24) is 25.0 Å². The molecular weight excluding hydrogens is 428 g/mol. The Morgan fingerprint density at radius 3 is 2.84 bits per heavy atom. The molecule has 1 saturated heterocycles. The molecule has 1 aliphatic carbocycles. The zero-order valence-electron chi connectivity index (χ0n) is 18.5. The molecule has 9 nitrogen and oxygen atoms in total. The van der Waals surface area contributed by atoms with E-state index in [4.69, 9.17) is 4.74 Å². The molecule has 0 spiro atoms. The normalized spacial score (nSPS) is 17.8. The van der Waals surface area contributed by atoms with E-state index in [0.717, 1.165) is 35.3 Å². The predicted molar refractivity (Wildman–Crippen MR) is 123 cm³/mol. The van der Waals surface area contributed by atoms with Crippen LogP contribution in [0.4, 0.5) is 10.5 Å². The second-order valence-corrected chi connectivity index (χ2v) is 9.44. The van der Waals surface area contributed by atoms with E-state index >= 15 is 0 Å². The fourth-order valence-corrected chi connectivity index (χ4v) is 5.24. The van der Waals surface area contributed by atoms with Gasteiger partial charge in [-0.2, -0.15) is 0 Å². The number of urea groups is 1. The number of methoxy groups -OCH3 is 1. The number of carbonyl (C=O) groups excluding carboxylic acids is 2. The average molecular weight is 459 g/mol. The molecule has 10 heteroatoms. The number of ether oxygens (including phenoxy) is 1. The van der Waals surface area contributed by atoms with Crippen molar-refractivity contribution in [3.05, 3.63) is 30.1 Å². The number of nitrogens with zero attached hydrogens (tertiary/aromatic N) is 4. The van der Waals surface area contributed by atoms with Crippen LogP contribution in [0, 0.1) is 0 Å². The van der Waals surface area contributed by atoms with Crippen LogP contribution >= 0.6 is 11.8 Å². The monoisotopic (exact) mass is 458 g/mol. The van der Waals surface area contributed by atoms with Gasteiger partial charge in [-0.1, -0.05) is 37.1 Å². The van der Waals surface area contributed by atoms with E-state index in [9.17, 15) is 9.59 Å². The second-order valence-electron chi connectivity index (χ2n) is 8.13. The fraction of sp³-hybridized carbons (Fsp3) is 0.545. The summed E-state index contributed by atoms with van der Waals surface area (Å²) in [5.74, 6) is 1.44. The first kappa shape index (κ1) is 22.4. The van der Waals surface area contributed by atoms with Gasteiger partial charge in [0.2, 0.25) is 5.91 Å². The number of rotatable bonds is 8. The number of amides is 3. The largest absolute Gasteiger partial charge is 0.497 e. The molecule has 2 N–H and O–H groups in total. The molecule has 1 aliphatic heterocycles. The van der Waals surface area contributed by atoms with Crippen LogP contribution < -0.4 is 15.4 Å². The van der Waals surface area contributed by atoms with Crippen molar-refractivity contribution in [3.8, 4) is 5.75 Å². The van der Waals surface area contributed by atoms with Gasteiger partial charge in [-0.25, -0.2) is 4.79 Å². The van der Waals surface area contributed by atoms with Crippen molar-refractivity contribution in [2.24, 2.45) is 0 Å². The molecule has 172 valence electrons. The van der Waals surface area contributed by atoms with E-state index in [-0.39, 0.29) is 11.9 Å². The van der Waals surface area contributed by atoms with E-state index in [1.54, 1.807) is 7.11 Å². The van der Waals surface area contributed by atoms with Crippen molar-refractivity contribution in [1.29, 1.82) is 0 Å². The van der Waals surface area contributed by atoms with Gasteiger partial charge in [-0.3, -0.25) is 9.69 Å². The first-order chi connectivity index (χ1) is 15.6. The summed E-state index contributed by atoms with van der Waals surface area (Å²) < 4.78 is 7.50. The molecule has 0 radical (unpaired) electrons. The Hall–Kier alpha value is -2.75. The van der Waals surface area contributed by atoms with Crippen LogP contribution in [0.1, 0.15) is 50.9 Å². The molecule has 2 aromatic rings. The van der Waals surface area contributed by atoms with E-state index in [1.807, 2.05) is 31.2 Å². The molecule has 1 saturated carbocycles. The third kappa shape index (κ3) is 5.01. The van der Waals surface area contributed by atoms with Crippen LogP contribution in [0.25, 0.3) is 0 Å². The minimum Gasteiger partial charge on any atom is -0.497 e. The molecule has 0 bridgehead atoms. The molecule has 0 unspecified atom stereocenters. The number of benzene rings is 1. The minimum atomic E-state index is -0.426. The van der Waals surface area contributed by atoms with Gasteiger partial charge in [0.25, 0.3) is 0 Å². The lowest BCUT2D eigenvalue weighted by molar-refractivity contribution is -0.126. The van der Waals surface area contributed by atoms with Crippen LogP contribution in [-0.2, 0) is 11.3 Å². The molecule has 1 aromatic carbocycles. The van der Waals surface area contributed by atoms with Gasteiger partial charge in [-0.15, -0.1) is 10.2 Å². The van der Waals surface area contributed by atoms with E-state index in [2.05, 4.69) is 25.4 Å². The predicted octanol–water partition coefficient (Wildman–Crippen LogP) is 3.44. The third-order valence-electron chi connectivity index (χ3n) is 5.95. The summed E-state index contributed by atoms with van der Waals surface area (Å²) in [4.78, 5) is 26.0. The number of anilines is 1. The number of hydrogen-bond donors (Lipinski definition) is 2. The topological polar surface area (TPSA) is 101 Å². The van der Waals surface area contributed by atoms with Crippen LogP contribution in [0.5, 0.6) is 5.75 Å². The summed E-state index contributed by atoms with van der Waals surface area (Å²) in [6, 6.07) is 7.78. The summed E-state index contributed by atoms with van der Waals surface area (Å²) in [7, 11) is 1.65. The highest BCUT2D eigenvalue weighted by Crippen LogP contribution is 2.34. The maximum absolute atomic E-state index is 12.8. The van der Waals surface area contributed by atoms with Gasteiger partial charge in [0.05, 0.1) is 18.9 Å². The molecular formula is C22H30N6O3S. The molecule has 3 amide bonds. The maximum Gasteiger partial charge on any atom is 0.324 e. The first-order valence-electron chi connectivity index (χ1n) is 11.1. The van der Waals surface area contributed by atoms with Crippen LogP contribution in [-0.4, -0.2) is 57.1 Å². The Balaban J connectivity index is 1.52. The molecule has 1 atom stereocenters. The number of thioether (sulfide) groups is 1. The van der Waals surface area contributed by atoms with Crippen LogP contribution in [0.3, 0.4) is 0 Å². The van der Waals surface area contributed by atoms with E-state index in [0.29, 0.717) is 25.7 Å². The zero-order chi connectivity index (χ0) is 22.5. The lowest BCUT2D eigenvalue weighted by Crippen LogP contribution is -2.39. The average Bonchev–Trinajstić information content (AvgIpc) is 3.43. The number of hydrogen-bond acceptors (Lipinski definition) is 7. The summed E-state index contributed by atoms with van der Waals surface area (Å²) >= 11 is 1.38. The zero-order valence-corrected chi connectivity index (χ0v) is 19.4. The Kier molecular flexibility index (Phi) is 7.19. The standard InChI is InChI=1S/C22H30N6O3S/c1-15(20(29)27-12-11-23-21(27)30)32-22-26-25-19(28(22)17-8-4-3-5-9-17)14-24-16-7-6-10-18(13-16)31-2/h6-7,10,13,15,17,24H,3-5,8-9,11-12,14H2,1-2H3,(H,23,30)/t15-/m1/s1. The second kappa shape index (κ2) is 10.2. The van der Waals surface area contributed by atoms with Gasteiger partial charge in [0, 0.05) is 30.9 Å². The fourth-order valence-electron chi connectivity index (χ4n) is 4.24. The summed E-state index contributed by atoms with van der Waals surface area (Å²) in [5, 5.41) is 15.3.